The first-order valence-electron chi connectivity index (χ1n) is 8.51. The van der Waals surface area contributed by atoms with Crippen LogP contribution in [0.15, 0.2) is 35.5 Å². The maximum absolute atomic E-state index is 13.0. The van der Waals surface area contributed by atoms with Crippen molar-refractivity contribution in [3.05, 3.63) is 41.1 Å². The Balaban J connectivity index is 1.64. The number of hydrogen-bond acceptors (Lipinski definition) is 4. The molecular weight excluding hydrogens is 322 g/mol. The molecule has 0 bridgehead atoms. The van der Waals surface area contributed by atoms with Gasteiger partial charge in [-0.1, -0.05) is 12.1 Å². The topological polar surface area (TPSA) is 82.1 Å². The molecule has 7 heteroatoms. The second kappa shape index (κ2) is 6.07. The van der Waals surface area contributed by atoms with Gasteiger partial charge in [0.25, 0.3) is 5.91 Å². The summed E-state index contributed by atoms with van der Waals surface area (Å²) in [7, 11) is 1.68. The first-order chi connectivity index (χ1) is 12.0. The van der Waals surface area contributed by atoms with E-state index in [9.17, 15) is 14.7 Å². The largest absolute Gasteiger partial charge is 0.508 e. The average Bonchev–Trinajstić information content (AvgIpc) is 3.22. The lowest BCUT2D eigenvalue weighted by atomic mass is 9.95. The molecule has 0 saturated carbocycles. The minimum absolute atomic E-state index is 0.0598. The normalized spacial score (nSPS) is 26.3. The molecule has 1 fully saturated rings. The molecule has 7 nitrogen and oxygen atoms in total. The average molecular weight is 343 g/mol. The number of benzene rings is 1. The number of rotatable bonds is 3. The van der Waals surface area contributed by atoms with Crippen LogP contribution < -0.4 is 5.32 Å². The zero-order valence-electron chi connectivity index (χ0n) is 14.1. The number of amides is 3. The second-order valence-corrected chi connectivity index (χ2v) is 6.71. The summed E-state index contributed by atoms with van der Waals surface area (Å²) in [5.41, 5.74) is 2.12. The Bertz CT molecular complexity index is 737. The minimum atomic E-state index is -0.499. The van der Waals surface area contributed by atoms with Crippen LogP contribution in [0.4, 0.5) is 4.79 Å². The Morgan fingerprint density at radius 2 is 2.04 bits per heavy atom. The highest BCUT2D eigenvalue weighted by Gasteiger charge is 2.43. The maximum Gasteiger partial charge on any atom is 0.322 e. The summed E-state index contributed by atoms with van der Waals surface area (Å²) in [6, 6.07) is 5.84. The molecule has 1 saturated heterocycles. The van der Waals surface area contributed by atoms with Gasteiger partial charge in [0.05, 0.1) is 30.0 Å². The van der Waals surface area contributed by atoms with E-state index in [4.69, 9.17) is 4.74 Å². The van der Waals surface area contributed by atoms with Gasteiger partial charge in [-0.3, -0.25) is 9.69 Å². The highest BCUT2D eigenvalue weighted by Crippen LogP contribution is 2.36. The summed E-state index contributed by atoms with van der Waals surface area (Å²) in [4.78, 5) is 28.6. The molecule has 25 heavy (non-hydrogen) atoms. The Hall–Kier alpha value is -2.54. The molecule has 1 aromatic carbocycles. The van der Waals surface area contributed by atoms with Crippen molar-refractivity contribution in [3.8, 4) is 5.75 Å². The fourth-order valence-corrected chi connectivity index (χ4v) is 3.72. The van der Waals surface area contributed by atoms with Gasteiger partial charge in [-0.05, 0) is 30.5 Å². The molecule has 2 unspecified atom stereocenters. The van der Waals surface area contributed by atoms with E-state index in [2.05, 4.69) is 5.32 Å². The third-order valence-corrected chi connectivity index (χ3v) is 5.11. The van der Waals surface area contributed by atoms with Crippen molar-refractivity contribution in [3.63, 3.8) is 0 Å². The van der Waals surface area contributed by atoms with Crippen LogP contribution in [0.25, 0.3) is 0 Å². The van der Waals surface area contributed by atoms with E-state index in [0.29, 0.717) is 18.7 Å². The number of ether oxygens (including phenoxy) is 1. The van der Waals surface area contributed by atoms with Gasteiger partial charge in [-0.15, -0.1) is 0 Å². The van der Waals surface area contributed by atoms with Crippen molar-refractivity contribution in [2.75, 3.05) is 26.7 Å². The summed E-state index contributed by atoms with van der Waals surface area (Å²) in [6.45, 7) is 1.72. The first-order valence-corrected chi connectivity index (χ1v) is 8.51. The van der Waals surface area contributed by atoms with E-state index >= 15 is 0 Å². The fourth-order valence-electron chi connectivity index (χ4n) is 3.72. The van der Waals surface area contributed by atoms with E-state index < -0.39 is 6.04 Å². The number of carbonyl (C=O) groups excluding carboxylic acids is 2. The van der Waals surface area contributed by atoms with Crippen molar-refractivity contribution < 1.29 is 19.4 Å². The predicted molar refractivity (Wildman–Crippen MR) is 89.7 cm³/mol. The van der Waals surface area contributed by atoms with Gasteiger partial charge in [0.15, 0.2) is 0 Å². The molecule has 0 radical (unpaired) electrons. The van der Waals surface area contributed by atoms with Crippen LogP contribution in [0.2, 0.25) is 0 Å². The van der Waals surface area contributed by atoms with Gasteiger partial charge in [-0.2, -0.15) is 0 Å². The van der Waals surface area contributed by atoms with Crippen molar-refractivity contribution in [2.45, 2.75) is 25.0 Å². The van der Waals surface area contributed by atoms with Gasteiger partial charge in [0.2, 0.25) is 0 Å². The van der Waals surface area contributed by atoms with Gasteiger partial charge >= 0.3 is 6.03 Å². The van der Waals surface area contributed by atoms with Gasteiger partial charge in [0.1, 0.15) is 5.75 Å². The molecule has 4 rings (SSSR count). The van der Waals surface area contributed by atoms with Gasteiger partial charge in [0, 0.05) is 20.2 Å². The number of aromatic hydroxyl groups is 1. The number of urea groups is 1. The zero-order chi connectivity index (χ0) is 17.6. The third-order valence-electron chi connectivity index (χ3n) is 5.11. The van der Waals surface area contributed by atoms with Crippen LogP contribution in [-0.4, -0.2) is 59.7 Å². The smallest absolute Gasteiger partial charge is 0.322 e. The molecule has 0 spiro atoms. The van der Waals surface area contributed by atoms with E-state index in [-0.39, 0.29) is 23.8 Å². The highest BCUT2D eigenvalue weighted by molar-refractivity contribution is 6.01. The van der Waals surface area contributed by atoms with E-state index in [1.807, 2.05) is 0 Å². The number of likely N-dealkylation sites (N-methyl/N-ethyl adjacent to an activating group) is 1. The molecule has 3 heterocycles. The van der Waals surface area contributed by atoms with Crippen molar-refractivity contribution >= 4 is 11.9 Å². The van der Waals surface area contributed by atoms with Crippen LogP contribution in [0.5, 0.6) is 5.75 Å². The lowest BCUT2D eigenvalue weighted by molar-refractivity contribution is -0.127. The molecule has 3 amide bonds. The Kier molecular flexibility index (Phi) is 3.88. The molecule has 0 aliphatic carbocycles. The molecule has 2 atom stereocenters. The van der Waals surface area contributed by atoms with E-state index in [0.717, 1.165) is 30.7 Å². The second-order valence-electron chi connectivity index (χ2n) is 6.71. The monoisotopic (exact) mass is 343 g/mol. The SMILES string of the molecule is CN1C(=O)NC(c2ccc(O)cc2)C2=C1CN(CC1CCCO1)C2=O. The molecule has 132 valence electrons. The van der Waals surface area contributed by atoms with Crippen LogP contribution in [-0.2, 0) is 9.53 Å². The summed E-state index contributed by atoms with van der Waals surface area (Å²) >= 11 is 0. The van der Waals surface area contributed by atoms with E-state index in [1.54, 1.807) is 36.2 Å². The number of nitrogens with one attached hydrogen (secondary N) is 1. The highest BCUT2D eigenvalue weighted by atomic mass is 16.5. The number of phenols is 1. The molecule has 0 aromatic heterocycles. The Morgan fingerprint density at radius 3 is 2.72 bits per heavy atom. The lowest BCUT2D eigenvalue weighted by Gasteiger charge is -2.31. The van der Waals surface area contributed by atoms with Crippen molar-refractivity contribution in [2.24, 2.45) is 0 Å². The maximum atomic E-state index is 13.0. The Morgan fingerprint density at radius 1 is 1.28 bits per heavy atom. The summed E-state index contributed by atoms with van der Waals surface area (Å²) in [5, 5.41) is 12.4. The van der Waals surface area contributed by atoms with E-state index in [1.165, 1.54) is 4.90 Å². The predicted octanol–water partition coefficient (Wildman–Crippen LogP) is 1.36. The summed E-state index contributed by atoms with van der Waals surface area (Å²) in [6.07, 6.45) is 2.06. The Labute approximate surface area is 145 Å². The number of hydrogen-bond donors (Lipinski definition) is 2. The number of phenolic OH excluding ortho intramolecular Hbond substituents is 1. The molecule has 2 N–H and O–H groups in total. The fraction of sp³-hybridized carbons (Fsp3) is 0.444. The lowest BCUT2D eigenvalue weighted by Crippen LogP contribution is -2.45. The summed E-state index contributed by atoms with van der Waals surface area (Å²) < 4.78 is 5.65. The van der Waals surface area contributed by atoms with Crippen LogP contribution in [0.3, 0.4) is 0 Å². The zero-order valence-corrected chi connectivity index (χ0v) is 14.1. The van der Waals surface area contributed by atoms with Crippen LogP contribution >= 0.6 is 0 Å². The van der Waals surface area contributed by atoms with Gasteiger partial charge in [-0.25, -0.2) is 4.79 Å². The van der Waals surface area contributed by atoms with Crippen molar-refractivity contribution in [1.29, 1.82) is 0 Å². The molecule has 3 aliphatic heterocycles. The molecule has 3 aliphatic rings. The number of carbonyl (C=O) groups is 2. The number of nitrogens with zero attached hydrogens (tertiary/aromatic N) is 2. The quantitative estimate of drug-likeness (QED) is 0.868. The first kappa shape index (κ1) is 16.0. The molecular formula is C18H21N3O4. The van der Waals surface area contributed by atoms with Gasteiger partial charge < -0.3 is 20.1 Å². The van der Waals surface area contributed by atoms with Crippen LogP contribution in [0, 0.1) is 0 Å². The molecule has 1 aromatic rings. The summed E-state index contributed by atoms with van der Waals surface area (Å²) in [5.74, 6) is 0.0883. The third kappa shape index (κ3) is 2.74. The van der Waals surface area contributed by atoms with Crippen molar-refractivity contribution in [1.82, 2.24) is 15.1 Å². The standard InChI is InChI=1S/C18H21N3O4/c1-20-14-10-21(9-13-3-2-8-25-13)17(23)15(14)16(19-18(20)24)11-4-6-12(22)7-5-11/h4-7,13,16,22H,2-3,8-10H2,1H3,(H,19,24). The minimum Gasteiger partial charge on any atom is -0.508 e. The van der Waals surface area contributed by atoms with Crippen LogP contribution in [0.1, 0.15) is 24.4 Å².